The normalized spacial score (nSPS) is 9.14. The monoisotopic (exact) mass is 475 g/mol. The van der Waals surface area contributed by atoms with Gasteiger partial charge < -0.3 is 15.2 Å². The number of hydrogen-bond donors (Lipinski definition) is 1. The molecule has 0 saturated heterocycles. The van der Waals surface area contributed by atoms with Gasteiger partial charge in [-0.2, -0.15) is 0 Å². The molecule has 3 rings (SSSR count). The molecule has 0 saturated carbocycles. The third-order valence-electron chi connectivity index (χ3n) is 2.34. The van der Waals surface area contributed by atoms with E-state index in [1.165, 1.54) is 12.3 Å². The van der Waals surface area contributed by atoms with Gasteiger partial charge in [0.15, 0.2) is 0 Å². The van der Waals surface area contributed by atoms with Gasteiger partial charge in [0.1, 0.15) is 5.69 Å². The number of carboxylic acids is 1. The first-order chi connectivity index (χ1) is 10.2. The Labute approximate surface area is 140 Å². The average molecular weight is 474 g/mol. The Morgan fingerprint density at radius 2 is 1.77 bits per heavy atom. The minimum absolute atomic E-state index is 0. The van der Waals surface area contributed by atoms with Crippen LogP contribution in [0.5, 0.6) is 0 Å². The summed E-state index contributed by atoms with van der Waals surface area (Å²) in [6.45, 7) is 1.80. The second-order valence-corrected chi connectivity index (χ2v) is 3.92. The molecule has 22 heavy (non-hydrogen) atoms. The molecule has 0 fully saturated rings. The average Bonchev–Trinajstić information content (AvgIpc) is 2.96. The molecule has 0 bridgehead atoms. The van der Waals surface area contributed by atoms with Crippen LogP contribution in [-0.4, -0.2) is 31.1 Å². The number of hydrogen-bond acceptors (Lipinski definition) is 5. The van der Waals surface area contributed by atoms with E-state index in [0.717, 1.165) is 5.69 Å². The number of aryl methyl sites for hydroxylation is 1. The van der Waals surface area contributed by atoms with E-state index < -0.39 is 5.97 Å². The molecule has 0 amide bonds. The van der Waals surface area contributed by atoms with Crippen LogP contribution >= 0.6 is 0 Å². The van der Waals surface area contributed by atoms with Gasteiger partial charge in [-0.25, -0.2) is 9.78 Å². The maximum atomic E-state index is 10.1. The first-order valence-corrected chi connectivity index (χ1v) is 6.06. The largest absolute Gasteiger partial charge is 0.477 e. The molecule has 3 aromatic heterocycles. The minimum atomic E-state index is -0.990. The van der Waals surface area contributed by atoms with Crippen LogP contribution < -0.4 is 5.10 Å². The molecule has 0 unspecified atom stereocenters. The van der Waals surface area contributed by atoms with Crippen molar-refractivity contribution in [2.75, 3.05) is 0 Å². The summed E-state index contributed by atoms with van der Waals surface area (Å²) >= 11 is 0. The summed E-state index contributed by atoms with van der Waals surface area (Å²) in [7, 11) is 0. The summed E-state index contributed by atoms with van der Waals surface area (Å²) in [5.41, 5.74) is 0.843. The van der Waals surface area contributed by atoms with Crippen LogP contribution in [0.3, 0.4) is 0 Å². The van der Waals surface area contributed by atoms with E-state index in [1.807, 2.05) is 18.2 Å². The maximum Gasteiger partial charge on any atom is 0.354 e. The molecule has 0 aromatic carbocycles. The van der Waals surface area contributed by atoms with Gasteiger partial charge in [0.05, 0.1) is 5.69 Å². The first kappa shape index (κ1) is 17.6. The molecule has 115 valence electrons. The van der Waals surface area contributed by atoms with Crippen molar-refractivity contribution in [3.63, 3.8) is 0 Å². The molecule has 1 N–H and O–H groups in total. The molecular weight excluding hydrogens is 462 g/mol. The molecule has 7 nitrogen and oxygen atoms in total. The van der Waals surface area contributed by atoms with Crippen LogP contribution in [0, 0.1) is 6.92 Å². The Balaban J connectivity index is 0.000000219. The van der Waals surface area contributed by atoms with Crippen LogP contribution in [0.2, 0.25) is 0 Å². The van der Waals surface area contributed by atoms with Gasteiger partial charge in [-0.05, 0) is 37.0 Å². The van der Waals surface area contributed by atoms with Gasteiger partial charge in [-0.1, -0.05) is 12.1 Å². The Bertz CT molecular complexity index is 704. The van der Waals surface area contributed by atoms with Gasteiger partial charge in [-0.3, -0.25) is 10.1 Å². The van der Waals surface area contributed by atoms with E-state index in [2.05, 4.69) is 25.1 Å². The van der Waals surface area contributed by atoms with Crippen molar-refractivity contribution in [3.05, 3.63) is 60.3 Å². The second-order valence-electron chi connectivity index (χ2n) is 3.92. The van der Waals surface area contributed by atoms with Gasteiger partial charge >= 0.3 is 5.97 Å². The Kier molecular flexibility index (Phi) is 7.01. The molecule has 8 heteroatoms. The summed E-state index contributed by atoms with van der Waals surface area (Å²) in [5, 5.41) is 16.0. The van der Waals surface area contributed by atoms with Gasteiger partial charge in [0.2, 0.25) is 0 Å². The van der Waals surface area contributed by atoms with Crippen molar-refractivity contribution in [2.45, 2.75) is 6.92 Å². The molecule has 0 spiro atoms. The van der Waals surface area contributed by atoms with E-state index in [-0.39, 0.29) is 25.8 Å². The zero-order valence-electron chi connectivity index (χ0n) is 11.5. The zero-order valence-corrected chi connectivity index (χ0v) is 13.9. The zero-order chi connectivity index (χ0) is 15.1. The van der Waals surface area contributed by atoms with Crippen LogP contribution in [-0.2, 0) is 20.1 Å². The number of aromatic nitrogens is 5. The molecule has 3 aromatic rings. The summed E-state index contributed by atoms with van der Waals surface area (Å²) in [5.74, 6) is 0.277. The number of rotatable bonds is 2. The van der Waals surface area contributed by atoms with Crippen LogP contribution in [0.1, 0.15) is 16.3 Å². The molecule has 3 heterocycles. The molecule has 0 aliphatic heterocycles. The number of nitrogens with zero attached hydrogens (tertiary/aromatic N) is 5. The van der Waals surface area contributed by atoms with E-state index in [0.29, 0.717) is 11.6 Å². The topological polar surface area (TPSA) is 103 Å². The number of aromatic carboxylic acids is 1. The van der Waals surface area contributed by atoms with Gasteiger partial charge in [0.25, 0.3) is 0 Å². The fourth-order valence-electron chi connectivity index (χ4n) is 1.41. The van der Waals surface area contributed by atoms with Gasteiger partial charge in [-0.15, -0.1) is 0 Å². The Morgan fingerprint density at radius 3 is 2.18 bits per heavy atom. The predicted octanol–water partition coefficient (Wildman–Crippen LogP) is 1.58. The maximum absolute atomic E-state index is 10.1. The van der Waals surface area contributed by atoms with E-state index >= 15 is 0 Å². The Hall–Kier alpha value is -2.44. The fourth-order valence-corrected chi connectivity index (χ4v) is 1.41. The molecule has 1 radical (unpaired) electrons. The minimum Gasteiger partial charge on any atom is -0.477 e. The van der Waals surface area contributed by atoms with Crippen molar-refractivity contribution in [3.8, 4) is 11.5 Å². The van der Waals surface area contributed by atoms with E-state index in [9.17, 15) is 4.79 Å². The summed E-state index contributed by atoms with van der Waals surface area (Å²) in [6.07, 6.45) is 3.16. The van der Waals surface area contributed by atoms with E-state index in [1.54, 1.807) is 25.3 Å². The third kappa shape index (κ3) is 5.16. The number of pyridine rings is 2. The van der Waals surface area contributed by atoms with E-state index in [4.69, 9.17) is 5.11 Å². The second kappa shape index (κ2) is 8.76. The smallest absolute Gasteiger partial charge is 0.354 e. The van der Waals surface area contributed by atoms with Crippen molar-refractivity contribution in [1.82, 2.24) is 25.1 Å². The van der Waals surface area contributed by atoms with Crippen molar-refractivity contribution >= 4 is 5.97 Å². The molecule has 0 aliphatic rings. The Morgan fingerprint density at radius 1 is 1.09 bits per heavy atom. The summed E-state index contributed by atoms with van der Waals surface area (Å²) < 4.78 is 0. The number of carbonyl (C=O) groups is 1. The van der Waals surface area contributed by atoms with Gasteiger partial charge in [0, 0.05) is 38.3 Å². The van der Waals surface area contributed by atoms with Crippen LogP contribution in [0.15, 0.2) is 48.8 Å². The predicted molar refractivity (Wildman–Crippen MR) is 74.5 cm³/mol. The molecular formula is C14H12IrN5O2-. The summed E-state index contributed by atoms with van der Waals surface area (Å²) in [6, 6.07) is 10.4. The van der Waals surface area contributed by atoms with Crippen molar-refractivity contribution in [1.29, 1.82) is 0 Å². The standard InChI is InChI=1S/C8H7N4.C6H5NO2.Ir/c1-6-10-8(12-11-6)7-4-2-3-5-9-7;8-6(9)5-3-1-2-4-7-5;/h2-5H,1H3;1-4H,(H,8,9);/q-1;;. The summed E-state index contributed by atoms with van der Waals surface area (Å²) in [4.78, 5) is 21.9. The first-order valence-electron chi connectivity index (χ1n) is 6.06. The quantitative estimate of drug-likeness (QED) is 0.602. The molecule has 0 aliphatic carbocycles. The van der Waals surface area contributed by atoms with Crippen LogP contribution in [0.25, 0.3) is 11.5 Å². The van der Waals surface area contributed by atoms with Crippen LogP contribution in [0.4, 0.5) is 0 Å². The molecule has 0 atom stereocenters. The number of carboxylic acid groups (broad SMARTS) is 1. The fraction of sp³-hybridized carbons (Fsp3) is 0.0714. The van der Waals surface area contributed by atoms with Crippen molar-refractivity contribution in [2.24, 2.45) is 0 Å². The SMILES string of the molecule is Cc1n[n-]c(-c2ccccn2)n1.O=C(O)c1ccccn1.[Ir]. The van der Waals surface area contributed by atoms with Crippen molar-refractivity contribution < 1.29 is 30.0 Å². The third-order valence-corrected chi connectivity index (χ3v) is 2.34.